The molecule has 4 rings (SSSR count). The van der Waals surface area contributed by atoms with Gasteiger partial charge in [-0.3, -0.25) is 0 Å². The molecule has 6 heteroatoms. The van der Waals surface area contributed by atoms with Gasteiger partial charge in [-0.15, -0.1) is 0 Å². The van der Waals surface area contributed by atoms with E-state index < -0.39 is 0 Å². The highest BCUT2D eigenvalue weighted by Crippen LogP contribution is 2.20. The number of nitrogens with zero attached hydrogens (tertiary/aromatic N) is 5. The van der Waals surface area contributed by atoms with Crippen molar-refractivity contribution >= 4 is 0 Å². The van der Waals surface area contributed by atoms with E-state index in [1.165, 1.54) is 5.56 Å². The Morgan fingerprint density at radius 1 is 0.964 bits per heavy atom. The van der Waals surface area contributed by atoms with Crippen LogP contribution >= 0.6 is 0 Å². The smallest absolute Gasteiger partial charge is 0.153 e. The first-order chi connectivity index (χ1) is 13.7. The fraction of sp³-hybridized carbons (Fsp3) is 0.227. The van der Waals surface area contributed by atoms with Crippen LogP contribution in [0.15, 0.2) is 73.3 Å². The van der Waals surface area contributed by atoms with Gasteiger partial charge in [-0.2, -0.15) is 10.2 Å². The molecule has 0 atom stereocenters. The standard InChI is InChI=1S/C22H24N6/c1-17(2)22-19(16-28(26-22)20-7-4-3-5-8-20)15-23-13-18-9-10-21(24-14-18)27-12-6-11-25-27/h3-12,14,16-17,23H,13,15H2,1-2H3. The Balaban J connectivity index is 1.42. The summed E-state index contributed by atoms with van der Waals surface area (Å²) in [6, 6.07) is 16.2. The highest BCUT2D eigenvalue weighted by Gasteiger charge is 2.13. The second-order valence-electron chi connectivity index (χ2n) is 7.05. The van der Waals surface area contributed by atoms with E-state index in [2.05, 4.69) is 53.6 Å². The average Bonchev–Trinajstić information content (AvgIpc) is 3.40. The van der Waals surface area contributed by atoms with Gasteiger partial charge < -0.3 is 5.32 Å². The molecule has 0 amide bonds. The average molecular weight is 372 g/mol. The lowest BCUT2D eigenvalue weighted by atomic mass is 10.1. The molecule has 142 valence electrons. The number of hydrogen-bond acceptors (Lipinski definition) is 4. The predicted molar refractivity (Wildman–Crippen MR) is 110 cm³/mol. The minimum absolute atomic E-state index is 0.372. The number of pyridine rings is 1. The van der Waals surface area contributed by atoms with Gasteiger partial charge in [0.25, 0.3) is 0 Å². The largest absolute Gasteiger partial charge is 0.308 e. The lowest BCUT2D eigenvalue weighted by Crippen LogP contribution is -2.14. The molecule has 0 unspecified atom stereocenters. The third-order valence-corrected chi connectivity index (χ3v) is 4.58. The van der Waals surface area contributed by atoms with Crippen LogP contribution in [0.3, 0.4) is 0 Å². The summed E-state index contributed by atoms with van der Waals surface area (Å²) < 4.78 is 3.72. The molecule has 4 aromatic rings. The van der Waals surface area contributed by atoms with E-state index in [1.54, 1.807) is 10.9 Å². The molecule has 0 spiro atoms. The summed E-state index contributed by atoms with van der Waals surface area (Å²) in [6.07, 6.45) is 7.65. The van der Waals surface area contributed by atoms with E-state index in [0.717, 1.165) is 35.9 Å². The molecule has 3 aromatic heterocycles. The van der Waals surface area contributed by atoms with Crippen molar-refractivity contribution in [3.05, 3.63) is 90.1 Å². The number of benzene rings is 1. The van der Waals surface area contributed by atoms with Crippen molar-refractivity contribution in [1.29, 1.82) is 0 Å². The second kappa shape index (κ2) is 8.19. The maximum atomic E-state index is 4.80. The quantitative estimate of drug-likeness (QED) is 0.535. The molecule has 3 heterocycles. The Kier molecular flexibility index (Phi) is 5.30. The number of aromatic nitrogens is 5. The van der Waals surface area contributed by atoms with E-state index in [1.807, 2.05) is 47.4 Å². The van der Waals surface area contributed by atoms with Crippen LogP contribution in [-0.4, -0.2) is 24.5 Å². The van der Waals surface area contributed by atoms with Gasteiger partial charge in [0.05, 0.1) is 11.4 Å². The summed E-state index contributed by atoms with van der Waals surface area (Å²) in [5, 5.41) is 12.5. The van der Waals surface area contributed by atoms with Crippen LogP contribution in [0, 0.1) is 0 Å². The number of hydrogen-bond donors (Lipinski definition) is 1. The van der Waals surface area contributed by atoms with Gasteiger partial charge >= 0.3 is 0 Å². The lowest BCUT2D eigenvalue weighted by Gasteiger charge is -2.07. The molecule has 0 aliphatic rings. The number of nitrogens with one attached hydrogen (secondary N) is 1. The highest BCUT2D eigenvalue weighted by atomic mass is 15.3. The van der Waals surface area contributed by atoms with Crippen LogP contribution in [-0.2, 0) is 13.1 Å². The molecule has 0 fully saturated rings. The summed E-state index contributed by atoms with van der Waals surface area (Å²) in [5.41, 5.74) is 4.56. The maximum Gasteiger partial charge on any atom is 0.153 e. The van der Waals surface area contributed by atoms with E-state index in [4.69, 9.17) is 5.10 Å². The first-order valence-electron chi connectivity index (χ1n) is 9.50. The third-order valence-electron chi connectivity index (χ3n) is 4.58. The van der Waals surface area contributed by atoms with Crippen molar-refractivity contribution in [2.24, 2.45) is 0 Å². The SMILES string of the molecule is CC(C)c1nn(-c2ccccc2)cc1CNCc1ccc(-n2cccn2)nc1. The molecule has 0 aliphatic carbocycles. The van der Waals surface area contributed by atoms with E-state index in [-0.39, 0.29) is 0 Å². The molecule has 0 saturated carbocycles. The van der Waals surface area contributed by atoms with Gasteiger partial charge in [0.2, 0.25) is 0 Å². The molecule has 1 aromatic carbocycles. The van der Waals surface area contributed by atoms with Gasteiger partial charge in [0, 0.05) is 43.4 Å². The molecule has 0 saturated heterocycles. The Labute approximate surface area is 164 Å². The molecule has 0 aliphatic heterocycles. The molecule has 1 N–H and O–H groups in total. The first-order valence-corrected chi connectivity index (χ1v) is 9.50. The molecular formula is C22H24N6. The molecular weight excluding hydrogens is 348 g/mol. The van der Waals surface area contributed by atoms with Crippen LogP contribution < -0.4 is 5.32 Å². The number of rotatable bonds is 7. The third kappa shape index (κ3) is 4.02. The van der Waals surface area contributed by atoms with Gasteiger partial charge in [-0.05, 0) is 35.7 Å². The van der Waals surface area contributed by atoms with Crippen molar-refractivity contribution in [1.82, 2.24) is 29.9 Å². The summed E-state index contributed by atoms with van der Waals surface area (Å²) in [6.45, 7) is 5.87. The minimum Gasteiger partial charge on any atom is -0.308 e. The zero-order valence-corrected chi connectivity index (χ0v) is 16.2. The van der Waals surface area contributed by atoms with Gasteiger partial charge in [-0.1, -0.05) is 38.1 Å². The summed E-state index contributed by atoms with van der Waals surface area (Å²) in [7, 11) is 0. The Hall–Kier alpha value is -3.25. The fourth-order valence-electron chi connectivity index (χ4n) is 3.16. The van der Waals surface area contributed by atoms with Crippen LogP contribution in [0.5, 0.6) is 0 Å². The lowest BCUT2D eigenvalue weighted by molar-refractivity contribution is 0.676. The highest BCUT2D eigenvalue weighted by molar-refractivity contribution is 5.33. The second-order valence-corrected chi connectivity index (χ2v) is 7.05. The van der Waals surface area contributed by atoms with Crippen molar-refractivity contribution < 1.29 is 0 Å². The van der Waals surface area contributed by atoms with Gasteiger partial charge in [0.15, 0.2) is 5.82 Å². The molecule has 0 bridgehead atoms. The first kappa shape index (κ1) is 18.1. The topological polar surface area (TPSA) is 60.6 Å². The van der Waals surface area contributed by atoms with Crippen molar-refractivity contribution in [3.8, 4) is 11.5 Å². The Morgan fingerprint density at radius 3 is 2.50 bits per heavy atom. The van der Waals surface area contributed by atoms with E-state index >= 15 is 0 Å². The van der Waals surface area contributed by atoms with Crippen molar-refractivity contribution in [2.45, 2.75) is 32.9 Å². The van der Waals surface area contributed by atoms with Crippen LogP contribution in [0.4, 0.5) is 0 Å². The van der Waals surface area contributed by atoms with E-state index in [0.29, 0.717) is 5.92 Å². The number of para-hydroxylation sites is 1. The van der Waals surface area contributed by atoms with E-state index in [9.17, 15) is 0 Å². The monoisotopic (exact) mass is 372 g/mol. The minimum atomic E-state index is 0.372. The van der Waals surface area contributed by atoms with Crippen LogP contribution in [0.1, 0.15) is 36.6 Å². The fourth-order valence-corrected chi connectivity index (χ4v) is 3.16. The van der Waals surface area contributed by atoms with Crippen LogP contribution in [0.25, 0.3) is 11.5 Å². The molecule has 0 radical (unpaired) electrons. The molecule has 6 nitrogen and oxygen atoms in total. The van der Waals surface area contributed by atoms with Gasteiger partial charge in [0.1, 0.15) is 0 Å². The summed E-state index contributed by atoms with van der Waals surface area (Å²) >= 11 is 0. The summed E-state index contributed by atoms with van der Waals surface area (Å²) in [5.74, 6) is 1.19. The Bertz CT molecular complexity index is 1000. The summed E-state index contributed by atoms with van der Waals surface area (Å²) in [4.78, 5) is 4.48. The zero-order chi connectivity index (χ0) is 19.3. The predicted octanol–water partition coefficient (Wildman–Crippen LogP) is 3.87. The van der Waals surface area contributed by atoms with Crippen LogP contribution in [0.2, 0.25) is 0 Å². The van der Waals surface area contributed by atoms with Crippen molar-refractivity contribution in [2.75, 3.05) is 0 Å². The van der Waals surface area contributed by atoms with Crippen molar-refractivity contribution in [3.63, 3.8) is 0 Å². The molecule has 28 heavy (non-hydrogen) atoms. The van der Waals surface area contributed by atoms with Gasteiger partial charge in [-0.25, -0.2) is 14.3 Å². The zero-order valence-electron chi connectivity index (χ0n) is 16.2. The Morgan fingerprint density at radius 2 is 1.82 bits per heavy atom. The normalized spacial score (nSPS) is 11.2. The maximum absolute atomic E-state index is 4.80.